The maximum Gasteiger partial charge on any atom is 0.246 e. The molecule has 148 valence electrons. The first-order valence-electron chi connectivity index (χ1n) is 8.98. The van der Waals surface area contributed by atoms with Crippen LogP contribution in [0, 0.1) is 5.82 Å². The molecule has 2 amide bonds. The van der Waals surface area contributed by atoms with Crippen LogP contribution in [0.1, 0.15) is 26.5 Å². The summed E-state index contributed by atoms with van der Waals surface area (Å²) >= 11 is 1.21. The van der Waals surface area contributed by atoms with Gasteiger partial charge >= 0.3 is 0 Å². The van der Waals surface area contributed by atoms with Gasteiger partial charge in [0.2, 0.25) is 11.8 Å². The van der Waals surface area contributed by atoms with Crippen LogP contribution >= 0.6 is 11.3 Å². The fourth-order valence-corrected chi connectivity index (χ4v) is 3.96. The number of anilines is 2. The van der Waals surface area contributed by atoms with Crippen LogP contribution in [0.5, 0.6) is 0 Å². The van der Waals surface area contributed by atoms with Crippen molar-refractivity contribution >= 4 is 40.0 Å². The molecule has 8 heteroatoms. The lowest BCUT2D eigenvalue weighted by molar-refractivity contribution is -0.137. The summed E-state index contributed by atoms with van der Waals surface area (Å²) in [6.45, 7) is 6.31. The number of rotatable bonds is 4. The molecule has 0 bridgehead atoms. The lowest BCUT2D eigenvalue weighted by Crippen LogP contribution is -2.47. The Kier molecular flexibility index (Phi) is 6.21. The van der Waals surface area contributed by atoms with E-state index < -0.39 is 5.82 Å². The van der Waals surface area contributed by atoms with Gasteiger partial charge in [-0.1, -0.05) is 12.1 Å². The van der Waals surface area contributed by atoms with E-state index >= 15 is 0 Å². The van der Waals surface area contributed by atoms with Crippen LogP contribution in [0.2, 0.25) is 0 Å². The lowest BCUT2D eigenvalue weighted by Gasteiger charge is -2.34. The second-order valence-corrected chi connectivity index (χ2v) is 7.53. The van der Waals surface area contributed by atoms with Gasteiger partial charge in [-0.2, -0.15) is 0 Å². The van der Waals surface area contributed by atoms with Gasteiger partial charge in [0.1, 0.15) is 5.82 Å². The van der Waals surface area contributed by atoms with Gasteiger partial charge in [0.25, 0.3) is 0 Å². The standard InChI is InChI=1S/C20H22FN3O3S/c1-13-10-23(11-14(2)27-13)19(26)9-8-16-12-28-20(22-16)24(15(3)25)18-7-5-4-6-17(18)21/h4-9,12-14H,10-11H2,1-3H3/b9-8+. The maximum absolute atomic E-state index is 14.1. The van der Waals surface area contributed by atoms with Gasteiger partial charge in [-0.05, 0) is 32.1 Å². The number of morpholine rings is 1. The lowest BCUT2D eigenvalue weighted by atomic mass is 10.2. The van der Waals surface area contributed by atoms with Crippen LogP contribution in [-0.2, 0) is 14.3 Å². The van der Waals surface area contributed by atoms with Gasteiger partial charge in [-0.25, -0.2) is 9.37 Å². The molecule has 1 saturated heterocycles. The molecule has 0 radical (unpaired) electrons. The molecule has 1 aliphatic heterocycles. The summed E-state index contributed by atoms with van der Waals surface area (Å²) in [7, 11) is 0. The summed E-state index contributed by atoms with van der Waals surface area (Å²) in [6, 6.07) is 6.04. The van der Waals surface area contributed by atoms with Gasteiger partial charge in [-0.15, -0.1) is 11.3 Å². The molecule has 1 aliphatic rings. The Hall–Kier alpha value is -2.58. The summed E-state index contributed by atoms with van der Waals surface area (Å²) in [5.41, 5.74) is 0.678. The molecule has 0 N–H and O–H groups in total. The van der Waals surface area contributed by atoms with Crippen LogP contribution in [0.3, 0.4) is 0 Å². The zero-order valence-corrected chi connectivity index (χ0v) is 16.8. The van der Waals surface area contributed by atoms with Crippen LogP contribution < -0.4 is 4.90 Å². The number of hydrogen-bond acceptors (Lipinski definition) is 5. The second kappa shape index (κ2) is 8.62. The number of halogens is 1. The molecule has 2 aromatic rings. The van der Waals surface area contributed by atoms with Crippen molar-refractivity contribution in [2.24, 2.45) is 0 Å². The van der Waals surface area contributed by atoms with E-state index in [0.717, 1.165) is 0 Å². The highest BCUT2D eigenvalue weighted by Crippen LogP contribution is 2.31. The van der Waals surface area contributed by atoms with E-state index in [1.165, 1.54) is 41.4 Å². The first kappa shape index (κ1) is 20.2. The molecule has 3 rings (SSSR count). The summed E-state index contributed by atoms with van der Waals surface area (Å²) < 4.78 is 19.8. The second-order valence-electron chi connectivity index (χ2n) is 6.69. The fraction of sp³-hybridized carbons (Fsp3) is 0.350. The Morgan fingerprint density at radius 3 is 2.61 bits per heavy atom. The number of amides is 2. The monoisotopic (exact) mass is 403 g/mol. The van der Waals surface area contributed by atoms with Crippen molar-refractivity contribution in [2.75, 3.05) is 18.0 Å². The van der Waals surface area contributed by atoms with Crippen molar-refractivity contribution < 1.29 is 18.7 Å². The predicted molar refractivity (Wildman–Crippen MR) is 107 cm³/mol. The Bertz CT molecular complexity index is 888. The highest BCUT2D eigenvalue weighted by Gasteiger charge is 2.25. The zero-order chi connectivity index (χ0) is 20.3. The number of ether oxygens (including phenoxy) is 1. The minimum atomic E-state index is -0.504. The highest BCUT2D eigenvalue weighted by atomic mass is 32.1. The van der Waals surface area contributed by atoms with Crippen molar-refractivity contribution in [1.29, 1.82) is 0 Å². The normalized spacial score (nSPS) is 19.8. The minimum Gasteiger partial charge on any atom is -0.372 e. The Labute approximate surface area is 167 Å². The van der Waals surface area contributed by atoms with Crippen molar-refractivity contribution in [1.82, 2.24) is 9.88 Å². The van der Waals surface area contributed by atoms with Gasteiger partial charge in [0, 0.05) is 31.5 Å². The van der Waals surface area contributed by atoms with Gasteiger partial charge in [0.15, 0.2) is 5.13 Å². The molecule has 1 aromatic heterocycles. The summed E-state index contributed by atoms with van der Waals surface area (Å²) in [5, 5.41) is 2.07. The molecule has 2 unspecified atom stereocenters. The van der Waals surface area contributed by atoms with Gasteiger partial charge in [0.05, 0.1) is 23.6 Å². The highest BCUT2D eigenvalue weighted by molar-refractivity contribution is 7.14. The van der Waals surface area contributed by atoms with Crippen LogP contribution in [-0.4, -0.2) is 47.0 Å². The number of thiazole rings is 1. The van der Waals surface area contributed by atoms with E-state index in [9.17, 15) is 14.0 Å². The van der Waals surface area contributed by atoms with E-state index in [2.05, 4.69) is 4.98 Å². The maximum atomic E-state index is 14.1. The average Bonchev–Trinajstić information content (AvgIpc) is 3.09. The molecular formula is C20H22FN3O3S. The molecule has 1 aromatic carbocycles. The third-order valence-electron chi connectivity index (χ3n) is 4.24. The Morgan fingerprint density at radius 1 is 1.29 bits per heavy atom. The molecule has 2 heterocycles. The number of benzene rings is 1. The van der Waals surface area contributed by atoms with E-state index in [1.807, 2.05) is 13.8 Å². The molecule has 0 aliphatic carbocycles. The van der Waals surface area contributed by atoms with E-state index in [4.69, 9.17) is 4.74 Å². The van der Waals surface area contributed by atoms with Crippen LogP contribution in [0.4, 0.5) is 15.2 Å². The molecule has 0 saturated carbocycles. The summed E-state index contributed by atoms with van der Waals surface area (Å²) in [4.78, 5) is 31.8. The fourth-order valence-electron chi connectivity index (χ4n) is 3.12. The quantitative estimate of drug-likeness (QED) is 0.732. The van der Waals surface area contributed by atoms with Gasteiger partial charge < -0.3 is 9.64 Å². The number of carbonyl (C=O) groups excluding carboxylic acids is 2. The largest absolute Gasteiger partial charge is 0.372 e. The number of hydrogen-bond donors (Lipinski definition) is 0. The van der Waals surface area contributed by atoms with Gasteiger partial charge in [-0.3, -0.25) is 14.5 Å². The Balaban J connectivity index is 1.76. The molecule has 0 spiro atoms. The minimum absolute atomic E-state index is 0.00290. The van der Waals surface area contributed by atoms with E-state index in [0.29, 0.717) is 23.9 Å². The van der Waals surface area contributed by atoms with Crippen molar-refractivity contribution in [3.63, 3.8) is 0 Å². The third kappa shape index (κ3) is 4.63. The molecule has 1 fully saturated rings. The van der Waals surface area contributed by atoms with E-state index in [-0.39, 0.29) is 29.7 Å². The smallest absolute Gasteiger partial charge is 0.246 e. The molecule has 6 nitrogen and oxygen atoms in total. The average molecular weight is 403 g/mol. The third-order valence-corrected chi connectivity index (χ3v) is 5.08. The first-order valence-corrected chi connectivity index (χ1v) is 9.86. The Morgan fingerprint density at radius 2 is 1.96 bits per heavy atom. The summed E-state index contributed by atoms with van der Waals surface area (Å²) in [6.07, 6.45) is 3.06. The van der Waals surface area contributed by atoms with Crippen molar-refractivity contribution in [3.05, 3.63) is 47.2 Å². The number of aromatic nitrogens is 1. The number of nitrogens with zero attached hydrogens (tertiary/aromatic N) is 3. The topological polar surface area (TPSA) is 62.7 Å². The SMILES string of the molecule is CC(=O)N(c1nc(/C=C/C(=O)N2CC(C)OC(C)C2)cs1)c1ccccc1F. The molecule has 2 atom stereocenters. The first-order chi connectivity index (χ1) is 13.3. The zero-order valence-electron chi connectivity index (χ0n) is 16.0. The van der Waals surface area contributed by atoms with Crippen molar-refractivity contribution in [2.45, 2.75) is 33.0 Å². The predicted octanol–water partition coefficient (Wildman–Crippen LogP) is 3.62. The van der Waals surface area contributed by atoms with Crippen LogP contribution in [0.25, 0.3) is 6.08 Å². The van der Waals surface area contributed by atoms with Crippen molar-refractivity contribution in [3.8, 4) is 0 Å². The van der Waals surface area contributed by atoms with Crippen LogP contribution in [0.15, 0.2) is 35.7 Å². The van der Waals surface area contributed by atoms with E-state index in [1.54, 1.807) is 28.5 Å². The molecule has 28 heavy (non-hydrogen) atoms. The molecular weight excluding hydrogens is 381 g/mol. The summed E-state index contributed by atoms with van der Waals surface area (Å²) in [5.74, 6) is -0.966. The number of carbonyl (C=O) groups is 2. The number of para-hydroxylation sites is 1.